The molecule has 5 heteroatoms. The molecule has 0 amide bonds. The third-order valence-corrected chi connectivity index (χ3v) is 5.01. The number of aliphatic imine (C=N–C) groups is 1. The Balaban J connectivity index is 2.17. The summed E-state index contributed by atoms with van der Waals surface area (Å²) >= 11 is 0. The van der Waals surface area contributed by atoms with Crippen molar-refractivity contribution in [1.29, 1.82) is 0 Å². The number of fused-ring (bicyclic) bond motifs is 1. The van der Waals surface area contributed by atoms with Gasteiger partial charge < -0.3 is 4.74 Å². The van der Waals surface area contributed by atoms with E-state index in [1.807, 2.05) is 18.2 Å². The fraction of sp³-hybridized carbons (Fsp3) is 0.133. The molecule has 102 valence electrons. The van der Waals surface area contributed by atoms with Crippen LogP contribution in [0.5, 0.6) is 0 Å². The molecular formula is C15H13NO3S. The molecule has 0 saturated carbocycles. The molecule has 0 aromatic heterocycles. The minimum absolute atomic E-state index is 0.154. The molecule has 4 nitrogen and oxygen atoms in total. The fourth-order valence-electron chi connectivity index (χ4n) is 2.26. The van der Waals surface area contributed by atoms with E-state index in [0.717, 1.165) is 0 Å². The quantitative estimate of drug-likeness (QED) is 0.858. The minimum Gasteiger partial charge on any atom is -0.480 e. The third-order valence-electron chi connectivity index (χ3n) is 3.19. The molecule has 20 heavy (non-hydrogen) atoms. The van der Waals surface area contributed by atoms with Gasteiger partial charge in [0.15, 0.2) is 0 Å². The van der Waals surface area contributed by atoms with E-state index in [1.165, 1.54) is 7.11 Å². The maximum absolute atomic E-state index is 12.8. The van der Waals surface area contributed by atoms with Gasteiger partial charge >= 0.3 is 0 Å². The number of benzene rings is 1. The molecule has 0 radical (unpaired) electrons. The SMILES string of the molecule is COC1=C(S(=O)(=O)c2ccccc2)C2=CCC=CC2=N1. The van der Waals surface area contributed by atoms with Crippen molar-refractivity contribution in [1.82, 2.24) is 0 Å². The van der Waals surface area contributed by atoms with Gasteiger partial charge in [-0.3, -0.25) is 0 Å². The number of sulfone groups is 1. The topological polar surface area (TPSA) is 55.7 Å². The summed E-state index contributed by atoms with van der Waals surface area (Å²) in [4.78, 5) is 4.65. The first-order chi connectivity index (χ1) is 9.64. The van der Waals surface area contributed by atoms with Crippen molar-refractivity contribution in [2.24, 2.45) is 4.99 Å². The van der Waals surface area contributed by atoms with Crippen LogP contribution in [0.3, 0.4) is 0 Å². The molecule has 3 rings (SSSR count). The maximum atomic E-state index is 12.8. The van der Waals surface area contributed by atoms with Gasteiger partial charge in [0, 0.05) is 5.57 Å². The molecule has 1 aliphatic carbocycles. The number of ether oxygens (including phenoxy) is 1. The van der Waals surface area contributed by atoms with Gasteiger partial charge in [-0.1, -0.05) is 30.4 Å². The lowest BCUT2D eigenvalue weighted by Gasteiger charge is -2.10. The second-order valence-corrected chi connectivity index (χ2v) is 6.29. The first-order valence-corrected chi connectivity index (χ1v) is 7.67. The van der Waals surface area contributed by atoms with Gasteiger partial charge in [0.2, 0.25) is 15.7 Å². The van der Waals surface area contributed by atoms with Gasteiger partial charge in [-0.05, 0) is 24.6 Å². The Morgan fingerprint density at radius 3 is 2.65 bits per heavy atom. The number of rotatable bonds is 3. The zero-order chi connectivity index (χ0) is 14.2. The summed E-state index contributed by atoms with van der Waals surface area (Å²) in [5.74, 6) is 0.154. The summed E-state index contributed by atoms with van der Waals surface area (Å²) in [5.41, 5.74) is 1.27. The number of hydrogen-bond donors (Lipinski definition) is 0. The van der Waals surface area contributed by atoms with Crippen molar-refractivity contribution >= 4 is 15.5 Å². The van der Waals surface area contributed by atoms with E-state index in [1.54, 1.807) is 30.3 Å². The van der Waals surface area contributed by atoms with E-state index in [9.17, 15) is 8.42 Å². The van der Waals surface area contributed by atoms with Crippen molar-refractivity contribution in [3.63, 3.8) is 0 Å². The van der Waals surface area contributed by atoms with Crippen molar-refractivity contribution in [2.45, 2.75) is 11.3 Å². The van der Waals surface area contributed by atoms with Crippen LogP contribution in [0.2, 0.25) is 0 Å². The van der Waals surface area contributed by atoms with E-state index in [0.29, 0.717) is 17.7 Å². The van der Waals surface area contributed by atoms with Crippen LogP contribution in [-0.2, 0) is 14.6 Å². The molecule has 0 spiro atoms. The molecule has 0 N–H and O–H groups in total. The molecule has 1 aromatic carbocycles. The Morgan fingerprint density at radius 1 is 1.20 bits per heavy atom. The summed E-state index contributed by atoms with van der Waals surface area (Å²) in [6.45, 7) is 0. The summed E-state index contributed by atoms with van der Waals surface area (Å²) < 4.78 is 30.7. The first-order valence-electron chi connectivity index (χ1n) is 6.19. The van der Waals surface area contributed by atoms with Crippen LogP contribution in [0.15, 0.2) is 74.8 Å². The van der Waals surface area contributed by atoms with Gasteiger partial charge in [-0.25, -0.2) is 13.4 Å². The van der Waals surface area contributed by atoms with Crippen molar-refractivity contribution in [3.8, 4) is 0 Å². The van der Waals surface area contributed by atoms with E-state index < -0.39 is 9.84 Å². The number of allylic oxidation sites excluding steroid dienone is 4. The average molecular weight is 287 g/mol. The molecule has 1 aliphatic heterocycles. The molecule has 0 saturated heterocycles. The van der Waals surface area contributed by atoms with E-state index in [4.69, 9.17) is 4.74 Å². The summed E-state index contributed by atoms with van der Waals surface area (Å²) in [5, 5.41) is 0. The maximum Gasteiger partial charge on any atom is 0.233 e. The lowest BCUT2D eigenvalue weighted by molar-refractivity contribution is 0.289. The van der Waals surface area contributed by atoms with Crippen LogP contribution >= 0.6 is 0 Å². The van der Waals surface area contributed by atoms with Gasteiger partial charge in [0.05, 0.1) is 17.7 Å². The second-order valence-electron chi connectivity index (χ2n) is 4.41. The van der Waals surface area contributed by atoms with Crippen LogP contribution in [0.4, 0.5) is 0 Å². The zero-order valence-corrected chi connectivity index (χ0v) is 11.7. The van der Waals surface area contributed by atoms with Crippen molar-refractivity contribution in [2.75, 3.05) is 7.11 Å². The summed E-state index contributed by atoms with van der Waals surface area (Å²) in [7, 11) is -2.20. The highest BCUT2D eigenvalue weighted by atomic mass is 32.2. The Hall–Kier alpha value is -2.14. The lowest BCUT2D eigenvalue weighted by atomic mass is 10.1. The minimum atomic E-state index is -3.63. The second kappa shape index (κ2) is 4.76. The number of methoxy groups -OCH3 is 1. The molecule has 1 heterocycles. The summed E-state index contributed by atoms with van der Waals surface area (Å²) in [6, 6.07) is 8.33. The van der Waals surface area contributed by atoms with Gasteiger partial charge in [0.25, 0.3) is 0 Å². The molecular weight excluding hydrogens is 274 g/mol. The van der Waals surface area contributed by atoms with Crippen molar-refractivity contribution < 1.29 is 13.2 Å². The highest BCUT2D eigenvalue weighted by Gasteiger charge is 2.35. The highest BCUT2D eigenvalue weighted by molar-refractivity contribution is 7.95. The number of nitrogens with zero attached hydrogens (tertiary/aromatic N) is 1. The predicted octanol–water partition coefficient (Wildman–Crippen LogP) is 2.62. The average Bonchev–Trinajstić information content (AvgIpc) is 2.87. The van der Waals surface area contributed by atoms with Crippen LogP contribution in [0.1, 0.15) is 6.42 Å². The normalized spacial score (nSPS) is 17.6. The largest absolute Gasteiger partial charge is 0.480 e. The highest BCUT2D eigenvalue weighted by Crippen LogP contribution is 2.36. The molecule has 2 aliphatic rings. The Labute approximate surface area is 117 Å². The smallest absolute Gasteiger partial charge is 0.233 e. The van der Waals surface area contributed by atoms with Crippen molar-refractivity contribution in [3.05, 3.63) is 64.9 Å². The first kappa shape index (κ1) is 12.9. The third kappa shape index (κ3) is 1.91. The van der Waals surface area contributed by atoms with E-state index in [-0.39, 0.29) is 15.7 Å². The van der Waals surface area contributed by atoms with Gasteiger partial charge in [-0.15, -0.1) is 0 Å². The van der Waals surface area contributed by atoms with Crippen LogP contribution < -0.4 is 0 Å². The molecule has 0 bridgehead atoms. The van der Waals surface area contributed by atoms with Gasteiger partial charge in [-0.2, -0.15) is 0 Å². The lowest BCUT2D eigenvalue weighted by Crippen LogP contribution is -2.11. The molecule has 0 fully saturated rings. The van der Waals surface area contributed by atoms with E-state index >= 15 is 0 Å². The molecule has 1 aromatic rings. The molecule has 0 unspecified atom stereocenters. The Kier molecular flexibility index (Phi) is 3.06. The van der Waals surface area contributed by atoms with Crippen LogP contribution in [0.25, 0.3) is 0 Å². The zero-order valence-electron chi connectivity index (χ0n) is 10.9. The number of hydrogen-bond acceptors (Lipinski definition) is 4. The fourth-order valence-corrected chi connectivity index (χ4v) is 3.84. The van der Waals surface area contributed by atoms with Gasteiger partial charge in [0.1, 0.15) is 4.91 Å². The van der Waals surface area contributed by atoms with Crippen LogP contribution in [-0.4, -0.2) is 21.2 Å². The Bertz CT molecular complexity index is 769. The summed E-state index contributed by atoms with van der Waals surface area (Å²) in [6.07, 6.45) is 6.31. The standard InChI is InChI=1S/C15H13NO3S/c1-19-15-14(12-9-5-6-10-13(12)16-15)20(17,18)11-7-3-2-4-8-11/h2-4,6-10H,5H2,1H3. The van der Waals surface area contributed by atoms with Crippen LogP contribution in [0, 0.1) is 0 Å². The van der Waals surface area contributed by atoms with E-state index in [2.05, 4.69) is 4.99 Å². The monoisotopic (exact) mass is 287 g/mol. The Morgan fingerprint density at radius 2 is 1.95 bits per heavy atom. The predicted molar refractivity (Wildman–Crippen MR) is 76.9 cm³/mol. The molecule has 0 atom stereocenters.